The number of para-hydroxylation sites is 3. The first-order valence-electron chi connectivity index (χ1n) is 5.38. The first kappa shape index (κ1) is 12.0. The molecule has 0 fully saturated rings. The van der Waals surface area contributed by atoms with Crippen LogP contribution in [0.2, 0.25) is 0 Å². The molecule has 0 bridgehead atoms. The Bertz CT molecular complexity index is 469. The van der Waals surface area contributed by atoms with Gasteiger partial charge in [0, 0.05) is 0 Å². The van der Waals surface area contributed by atoms with Crippen molar-refractivity contribution < 1.29 is 9.47 Å². The van der Waals surface area contributed by atoms with Crippen LogP contribution in [0.4, 0.5) is 0 Å². The summed E-state index contributed by atoms with van der Waals surface area (Å²) in [6.45, 7) is 1.92. The number of ether oxygens (including phenoxy) is 2. The normalized spacial score (nSPS) is 11.9. The lowest BCUT2D eigenvalue weighted by Crippen LogP contribution is -2.02. The molecule has 3 heteroatoms. The summed E-state index contributed by atoms with van der Waals surface area (Å²) in [5, 5.41) is -0.0528. The van der Waals surface area contributed by atoms with Crippen molar-refractivity contribution in [2.45, 2.75) is 11.9 Å². The summed E-state index contributed by atoms with van der Waals surface area (Å²) in [5.41, 5.74) is 0. The van der Waals surface area contributed by atoms with Gasteiger partial charge in [-0.25, -0.2) is 0 Å². The molecule has 17 heavy (non-hydrogen) atoms. The predicted octanol–water partition coefficient (Wildman–Crippen LogP) is 4.60. The lowest BCUT2D eigenvalue weighted by atomic mass is 10.3. The van der Waals surface area contributed by atoms with E-state index in [1.807, 2.05) is 61.5 Å². The predicted molar refractivity (Wildman–Crippen MR) is 72.0 cm³/mol. The van der Waals surface area contributed by atoms with Crippen LogP contribution < -0.4 is 9.47 Å². The summed E-state index contributed by atoms with van der Waals surface area (Å²) in [6, 6.07) is 17.3. The second-order valence-corrected chi connectivity index (χ2v) is 4.81. The van der Waals surface area contributed by atoms with Gasteiger partial charge in [0.1, 0.15) is 5.75 Å². The number of hydrogen-bond donors (Lipinski definition) is 0. The first-order chi connectivity index (χ1) is 8.25. The summed E-state index contributed by atoms with van der Waals surface area (Å²) in [4.78, 5) is 0. The molecule has 1 unspecified atom stereocenters. The standard InChI is InChI=1S/C14H13BrO2/c1-11(15)16-13-9-5-6-10-14(13)17-12-7-3-2-4-8-12/h2-11H,1H3. The van der Waals surface area contributed by atoms with E-state index in [1.54, 1.807) is 0 Å². The minimum atomic E-state index is -0.0528. The highest BCUT2D eigenvalue weighted by Gasteiger charge is 2.07. The quantitative estimate of drug-likeness (QED) is 0.767. The number of rotatable bonds is 4. The molecular weight excluding hydrogens is 280 g/mol. The Morgan fingerprint density at radius 1 is 0.882 bits per heavy atom. The van der Waals surface area contributed by atoms with Crippen LogP contribution in [0.5, 0.6) is 17.2 Å². The molecule has 0 amide bonds. The zero-order valence-corrected chi connectivity index (χ0v) is 11.1. The van der Waals surface area contributed by atoms with Crippen LogP contribution >= 0.6 is 15.9 Å². The molecule has 2 rings (SSSR count). The molecule has 2 aromatic rings. The summed E-state index contributed by atoms with van der Waals surface area (Å²) >= 11 is 3.35. The van der Waals surface area contributed by atoms with Crippen LogP contribution in [0, 0.1) is 0 Å². The van der Waals surface area contributed by atoms with Crippen molar-refractivity contribution in [1.82, 2.24) is 0 Å². The van der Waals surface area contributed by atoms with Crippen LogP contribution in [0.1, 0.15) is 6.92 Å². The third-order valence-electron chi connectivity index (χ3n) is 2.11. The molecule has 2 aromatic carbocycles. The van der Waals surface area contributed by atoms with Gasteiger partial charge in [-0.1, -0.05) is 30.3 Å². The number of hydrogen-bond acceptors (Lipinski definition) is 2. The molecule has 0 N–H and O–H groups in total. The largest absolute Gasteiger partial charge is 0.476 e. The SMILES string of the molecule is CC(Br)Oc1ccccc1Oc1ccccc1. The average molecular weight is 293 g/mol. The average Bonchev–Trinajstić information content (AvgIpc) is 2.32. The van der Waals surface area contributed by atoms with E-state index in [4.69, 9.17) is 9.47 Å². The molecule has 0 aliphatic heterocycles. The molecule has 0 aromatic heterocycles. The second-order valence-electron chi connectivity index (χ2n) is 3.52. The van der Waals surface area contributed by atoms with Gasteiger partial charge in [-0.3, -0.25) is 0 Å². The molecule has 88 valence electrons. The number of alkyl halides is 1. The van der Waals surface area contributed by atoms with E-state index < -0.39 is 0 Å². The molecular formula is C14H13BrO2. The maximum Gasteiger partial charge on any atom is 0.169 e. The molecule has 0 aliphatic rings. The third kappa shape index (κ3) is 3.49. The topological polar surface area (TPSA) is 18.5 Å². The van der Waals surface area contributed by atoms with Crippen molar-refractivity contribution in [1.29, 1.82) is 0 Å². The van der Waals surface area contributed by atoms with E-state index in [1.165, 1.54) is 0 Å². The fraction of sp³-hybridized carbons (Fsp3) is 0.143. The van der Waals surface area contributed by atoms with Crippen molar-refractivity contribution >= 4 is 15.9 Å². The van der Waals surface area contributed by atoms with Gasteiger partial charge in [-0.15, -0.1) is 0 Å². The monoisotopic (exact) mass is 292 g/mol. The molecule has 0 saturated heterocycles. The van der Waals surface area contributed by atoms with Crippen molar-refractivity contribution in [2.75, 3.05) is 0 Å². The highest BCUT2D eigenvalue weighted by molar-refractivity contribution is 9.09. The van der Waals surface area contributed by atoms with E-state index in [0.717, 1.165) is 11.5 Å². The summed E-state index contributed by atoms with van der Waals surface area (Å²) in [6.07, 6.45) is 0. The fourth-order valence-corrected chi connectivity index (χ4v) is 1.62. The molecule has 1 atom stereocenters. The summed E-state index contributed by atoms with van der Waals surface area (Å²) in [7, 11) is 0. The van der Waals surface area contributed by atoms with Crippen LogP contribution in [0.3, 0.4) is 0 Å². The first-order valence-corrected chi connectivity index (χ1v) is 6.30. The Kier molecular flexibility index (Phi) is 4.04. The van der Waals surface area contributed by atoms with Crippen molar-refractivity contribution in [3.8, 4) is 17.2 Å². The van der Waals surface area contributed by atoms with E-state index in [2.05, 4.69) is 15.9 Å². The van der Waals surface area contributed by atoms with Crippen molar-refractivity contribution in [2.24, 2.45) is 0 Å². The van der Waals surface area contributed by atoms with Gasteiger partial charge in [0.05, 0.1) is 0 Å². The Hall–Kier alpha value is -1.48. The summed E-state index contributed by atoms with van der Waals surface area (Å²) < 4.78 is 11.4. The van der Waals surface area contributed by atoms with Crippen molar-refractivity contribution in [3.63, 3.8) is 0 Å². The van der Waals surface area contributed by atoms with Crippen LogP contribution in [-0.4, -0.2) is 5.01 Å². The van der Waals surface area contributed by atoms with Gasteiger partial charge in [-0.05, 0) is 47.1 Å². The minimum absolute atomic E-state index is 0.0528. The molecule has 0 spiro atoms. The maximum atomic E-state index is 5.76. The van der Waals surface area contributed by atoms with Gasteiger partial charge in [0.25, 0.3) is 0 Å². The van der Waals surface area contributed by atoms with Gasteiger partial charge in [-0.2, -0.15) is 0 Å². The molecule has 0 saturated carbocycles. The smallest absolute Gasteiger partial charge is 0.169 e. The Morgan fingerprint density at radius 2 is 1.47 bits per heavy atom. The molecule has 2 nitrogen and oxygen atoms in total. The molecule has 0 radical (unpaired) electrons. The van der Waals surface area contributed by atoms with E-state index in [9.17, 15) is 0 Å². The van der Waals surface area contributed by atoms with E-state index in [0.29, 0.717) is 5.75 Å². The Balaban J connectivity index is 2.20. The van der Waals surface area contributed by atoms with Crippen LogP contribution in [-0.2, 0) is 0 Å². The van der Waals surface area contributed by atoms with Gasteiger partial charge >= 0.3 is 0 Å². The van der Waals surface area contributed by atoms with Gasteiger partial charge in [0.15, 0.2) is 16.5 Å². The third-order valence-corrected chi connectivity index (χ3v) is 2.30. The van der Waals surface area contributed by atoms with Gasteiger partial charge < -0.3 is 9.47 Å². The van der Waals surface area contributed by atoms with E-state index >= 15 is 0 Å². The fourth-order valence-electron chi connectivity index (χ4n) is 1.42. The highest BCUT2D eigenvalue weighted by Crippen LogP contribution is 2.32. The highest BCUT2D eigenvalue weighted by atomic mass is 79.9. The molecule has 0 aliphatic carbocycles. The maximum absolute atomic E-state index is 5.76. The van der Waals surface area contributed by atoms with Crippen LogP contribution in [0.25, 0.3) is 0 Å². The number of benzene rings is 2. The zero-order valence-electron chi connectivity index (χ0n) is 9.47. The van der Waals surface area contributed by atoms with E-state index in [-0.39, 0.29) is 5.01 Å². The lowest BCUT2D eigenvalue weighted by molar-refractivity contribution is 0.298. The van der Waals surface area contributed by atoms with Gasteiger partial charge in [0.2, 0.25) is 0 Å². The summed E-state index contributed by atoms with van der Waals surface area (Å²) in [5.74, 6) is 2.23. The Labute approximate surface area is 109 Å². The van der Waals surface area contributed by atoms with Crippen molar-refractivity contribution in [3.05, 3.63) is 54.6 Å². The zero-order chi connectivity index (χ0) is 12.1. The lowest BCUT2D eigenvalue weighted by Gasteiger charge is -2.13. The molecule has 0 heterocycles. The minimum Gasteiger partial charge on any atom is -0.476 e. The van der Waals surface area contributed by atoms with Crippen LogP contribution in [0.15, 0.2) is 54.6 Å². The number of halogens is 1. The second kappa shape index (κ2) is 5.73. The Morgan fingerprint density at radius 3 is 2.12 bits per heavy atom.